The average Bonchev–Trinajstić information content (AvgIpc) is 3.04. The van der Waals surface area contributed by atoms with Crippen molar-refractivity contribution in [3.05, 3.63) is 58.5 Å². The molecule has 1 aromatic carbocycles. The van der Waals surface area contributed by atoms with Crippen molar-refractivity contribution in [1.82, 2.24) is 19.0 Å². The number of carboxylic acid groups (broad SMARTS) is 1. The molecule has 1 fully saturated rings. The number of rotatable bonds is 3. The largest absolute Gasteiger partial charge is 0.478 e. The standard InChI is InChI=1S/C23H25FN4O5/c1-23(2,3)33-22(32)26-10-7-15(8-11-26)27-18-6-9-25-13-19(18)28(21(27)31)17-5-4-14(24)12-16(17)20(29)30/h4-6,9,12-13,15H,7-8,10-11H2,1-3H3,(H,29,30). The predicted octanol–water partition coefficient (Wildman–Crippen LogP) is 3.60. The number of nitrogens with zero attached hydrogens (tertiary/aromatic N) is 4. The molecule has 9 nitrogen and oxygen atoms in total. The zero-order valence-electron chi connectivity index (χ0n) is 18.6. The van der Waals surface area contributed by atoms with Crippen LogP contribution in [-0.4, -0.2) is 54.9 Å². The van der Waals surface area contributed by atoms with Gasteiger partial charge < -0.3 is 14.7 Å². The molecule has 10 heteroatoms. The molecule has 3 aromatic rings. The lowest BCUT2D eigenvalue weighted by molar-refractivity contribution is 0.0188. The molecule has 1 aliphatic rings. The monoisotopic (exact) mass is 456 g/mol. The van der Waals surface area contributed by atoms with E-state index in [0.29, 0.717) is 37.0 Å². The molecule has 0 atom stereocenters. The van der Waals surface area contributed by atoms with Crippen molar-refractivity contribution >= 4 is 23.1 Å². The molecule has 0 unspecified atom stereocenters. The number of hydrogen-bond acceptors (Lipinski definition) is 5. The molecule has 174 valence electrons. The second-order valence-electron chi connectivity index (χ2n) is 9.02. The molecule has 1 saturated heterocycles. The van der Waals surface area contributed by atoms with Gasteiger partial charge in [0.2, 0.25) is 0 Å². The Morgan fingerprint density at radius 3 is 2.48 bits per heavy atom. The number of carbonyl (C=O) groups excluding carboxylic acids is 1. The zero-order chi connectivity index (χ0) is 23.9. The minimum absolute atomic E-state index is 0.0665. The van der Waals surface area contributed by atoms with Crippen molar-refractivity contribution in [3.63, 3.8) is 0 Å². The molecule has 0 saturated carbocycles. The van der Waals surface area contributed by atoms with E-state index in [4.69, 9.17) is 4.74 Å². The molecule has 0 aliphatic carbocycles. The van der Waals surface area contributed by atoms with E-state index in [1.54, 1.807) is 42.5 Å². The minimum Gasteiger partial charge on any atom is -0.478 e. The number of pyridine rings is 1. The van der Waals surface area contributed by atoms with E-state index < -0.39 is 29.2 Å². The highest BCUT2D eigenvalue weighted by atomic mass is 19.1. The van der Waals surface area contributed by atoms with Crippen LogP contribution in [0.2, 0.25) is 0 Å². The van der Waals surface area contributed by atoms with Gasteiger partial charge in [0.25, 0.3) is 0 Å². The van der Waals surface area contributed by atoms with Crippen LogP contribution in [0.25, 0.3) is 16.7 Å². The SMILES string of the molecule is CC(C)(C)OC(=O)N1CCC(n2c(=O)n(-c3ccc(F)cc3C(=O)O)c3cnccc32)CC1. The van der Waals surface area contributed by atoms with Crippen LogP contribution in [0.15, 0.2) is 41.5 Å². The lowest BCUT2D eigenvalue weighted by atomic mass is 10.1. The predicted molar refractivity (Wildman–Crippen MR) is 118 cm³/mol. The van der Waals surface area contributed by atoms with E-state index in [0.717, 1.165) is 12.1 Å². The van der Waals surface area contributed by atoms with Crippen molar-refractivity contribution in [2.75, 3.05) is 13.1 Å². The third-order valence-corrected chi connectivity index (χ3v) is 5.59. The third kappa shape index (κ3) is 4.33. The first-order chi connectivity index (χ1) is 15.6. The number of imidazole rings is 1. The molecule has 4 rings (SSSR count). The zero-order valence-corrected chi connectivity index (χ0v) is 18.6. The Kier molecular flexibility index (Phi) is 5.69. The van der Waals surface area contributed by atoms with E-state index in [1.807, 2.05) is 0 Å². The van der Waals surface area contributed by atoms with E-state index in [9.17, 15) is 23.9 Å². The fourth-order valence-electron chi connectivity index (χ4n) is 4.16. The number of piperidine rings is 1. The van der Waals surface area contributed by atoms with Gasteiger partial charge in [-0.25, -0.2) is 18.8 Å². The normalized spacial score (nSPS) is 15.1. The van der Waals surface area contributed by atoms with Crippen molar-refractivity contribution in [3.8, 4) is 5.69 Å². The summed E-state index contributed by atoms with van der Waals surface area (Å²) in [6.45, 7) is 6.25. The number of amides is 1. The second kappa shape index (κ2) is 8.34. The maximum Gasteiger partial charge on any atom is 0.410 e. The van der Waals surface area contributed by atoms with Crippen molar-refractivity contribution in [2.45, 2.75) is 45.3 Å². The van der Waals surface area contributed by atoms with Gasteiger partial charge in [0, 0.05) is 25.3 Å². The van der Waals surface area contributed by atoms with Crippen LogP contribution >= 0.6 is 0 Å². The number of likely N-dealkylation sites (tertiary alicyclic amines) is 1. The molecule has 0 spiro atoms. The maximum absolute atomic E-state index is 13.7. The quantitative estimate of drug-likeness (QED) is 0.646. The van der Waals surface area contributed by atoms with Crippen LogP contribution < -0.4 is 5.69 Å². The topological polar surface area (TPSA) is 107 Å². The molecule has 1 amide bonds. The van der Waals surface area contributed by atoms with Gasteiger partial charge in [0.05, 0.1) is 28.5 Å². The summed E-state index contributed by atoms with van der Waals surface area (Å²) < 4.78 is 22.0. The molecule has 1 aliphatic heterocycles. The number of aromatic carboxylic acids is 1. The summed E-state index contributed by atoms with van der Waals surface area (Å²) in [7, 11) is 0. The van der Waals surface area contributed by atoms with Gasteiger partial charge in [0.15, 0.2) is 0 Å². The van der Waals surface area contributed by atoms with Crippen molar-refractivity contribution in [2.24, 2.45) is 0 Å². The van der Waals surface area contributed by atoms with Crippen molar-refractivity contribution < 1.29 is 23.8 Å². The van der Waals surface area contributed by atoms with Crippen LogP contribution in [0.5, 0.6) is 0 Å². The number of benzene rings is 1. The van der Waals surface area contributed by atoms with Crippen LogP contribution in [0.3, 0.4) is 0 Å². The number of carboxylic acids is 1. The first-order valence-electron chi connectivity index (χ1n) is 10.6. The van der Waals surface area contributed by atoms with Crippen LogP contribution in [-0.2, 0) is 4.74 Å². The van der Waals surface area contributed by atoms with E-state index >= 15 is 0 Å². The fourth-order valence-corrected chi connectivity index (χ4v) is 4.16. The molecular formula is C23H25FN4O5. The molecule has 2 aromatic heterocycles. The number of halogens is 1. The van der Waals surface area contributed by atoms with Gasteiger partial charge >= 0.3 is 17.8 Å². The lowest BCUT2D eigenvalue weighted by Crippen LogP contribution is -2.43. The number of ether oxygens (including phenoxy) is 1. The van der Waals surface area contributed by atoms with E-state index in [1.165, 1.54) is 16.8 Å². The van der Waals surface area contributed by atoms with Gasteiger partial charge in [-0.3, -0.25) is 14.1 Å². The fraction of sp³-hybridized carbons (Fsp3) is 0.391. The van der Waals surface area contributed by atoms with Gasteiger partial charge in [0.1, 0.15) is 11.4 Å². The molecule has 3 heterocycles. The Bertz CT molecular complexity index is 1280. The second-order valence-corrected chi connectivity index (χ2v) is 9.02. The summed E-state index contributed by atoms with van der Waals surface area (Å²) in [6, 6.07) is 4.77. The first kappa shape index (κ1) is 22.5. The maximum atomic E-state index is 13.7. The summed E-state index contributed by atoms with van der Waals surface area (Å²) >= 11 is 0. The molecule has 0 radical (unpaired) electrons. The Morgan fingerprint density at radius 1 is 1.15 bits per heavy atom. The van der Waals surface area contributed by atoms with Crippen molar-refractivity contribution in [1.29, 1.82) is 0 Å². The van der Waals surface area contributed by atoms with Gasteiger partial charge in [-0.1, -0.05) is 0 Å². The van der Waals surface area contributed by atoms with Crippen LogP contribution in [0, 0.1) is 5.82 Å². The molecule has 0 bridgehead atoms. The Balaban J connectivity index is 1.73. The number of fused-ring (bicyclic) bond motifs is 1. The van der Waals surface area contributed by atoms with Gasteiger partial charge in [-0.05, 0) is 57.9 Å². The minimum atomic E-state index is -1.34. The summed E-state index contributed by atoms with van der Waals surface area (Å²) in [6.07, 6.45) is 3.70. The molecule has 33 heavy (non-hydrogen) atoms. The first-order valence-corrected chi connectivity index (χ1v) is 10.6. The Labute approximate surface area is 189 Å². The van der Waals surface area contributed by atoms with E-state index in [-0.39, 0.29) is 17.3 Å². The summed E-state index contributed by atoms with van der Waals surface area (Å²) in [5, 5.41) is 9.58. The highest BCUT2D eigenvalue weighted by molar-refractivity contribution is 5.93. The van der Waals surface area contributed by atoms with Crippen LogP contribution in [0.4, 0.5) is 9.18 Å². The third-order valence-electron chi connectivity index (χ3n) is 5.59. The Morgan fingerprint density at radius 2 is 1.85 bits per heavy atom. The summed E-state index contributed by atoms with van der Waals surface area (Å²) in [5.41, 5.74) is -0.278. The Hall–Kier alpha value is -3.69. The number of aromatic nitrogens is 3. The highest BCUT2D eigenvalue weighted by Gasteiger charge is 2.30. The average molecular weight is 456 g/mol. The highest BCUT2D eigenvalue weighted by Crippen LogP contribution is 2.28. The number of carbonyl (C=O) groups is 2. The van der Waals surface area contributed by atoms with Gasteiger partial charge in [-0.15, -0.1) is 0 Å². The molecular weight excluding hydrogens is 431 g/mol. The summed E-state index contributed by atoms with van der Waals surface area (Å²) in [5.74, 6) is -2.05. The van der Waals surface area contributed by atoms with E-state index in [2.05, 4.69) is 4.98 Å². The molecule has 1 N–H and O–H groups in total. The lowest BCUT2D eigenvalue weighted by Gasteiger charge is -2.33. The smallest absolute Gasteiger partial charge is 0.410 e. The van der Waals surface area contributed by atoms with Crippen LogP contribution in [0.1, 0.15) is 50.0 Å². The summed E-state index contributed by atoms with van der Waals surface area (Å²) in [4.78, 5) is 43.4. The number of hydrogen-bond donors (Lipinski definition) is 1. The van der Waals surface area contributed by atoms with Gasteiger partial charge in [-0.2, -0.15) is 0 Å².